The fourth-order valence-corrected chi connectivity index (χ4v) is 1.11. The lowest BCUT2D eigenvalue weighted by atomic mass is 9.91. The van der Waals surface area contributed by atoms with Crippen molar-refractivity contribution in [3.63, 3.8) is 0 Å². The van der Waals surface area contributed by atoms with Crippen LogP contribution in [0.25, 0.3) is 0 Å². The summed E-state index contributed by atoms with van der Waals surface area (Å²) in [5.74, 6) is 0.315. The van der Waals surface area contributed by atoms with Crippen LogP contribution in [-0.2, 0) is 0 Å². The minimum atomic E-state index is 0.0396. The summed E-state index contributed by atoms with van der Waals surface area (Å²) in [6.07, 6.45) is 4.62. The van der Waals surface area contributed by atoms with E-state index in [9.17, 15) is 0 Å². The summed E-state index contributed by atoms with van der Waals surface area (Å²) < 4.78 is 0. The van der Waals surface area contributed by atoms with Crippen molar-refractivity contribution in [2.45, 2.75) is 13.3 Å². The van der Waals surface area contributed by atoms with Crippen LogP contribution in [0.5, 0.6) is 0 Å². The third-order valence-corrected chi connectivity index (χ3v) is 1.92. The Hall–Kier alpha value is -1.07. The SMILES string of the molecule is CC1CC=C(CO)C=C1C#N. The van der Waals surface area contributed by atoms with E-state index in [2.05, 4.69) is 6.07 Å². The van der Waals surface area contributed by atoms with Crippen LogP contribution in [0.1, 0.15) is 13.3 Å². The summed E-state index contributed by atoms with van der Waals surface area (Å²) in [7, 11) is 0. The first kappa shape index (κ1) is 8.03. The van der Waals surface area contributed by atoms with Crippen molar-refractivity contribution in [3.05, 3.63) is 23.3 Å². The van der Waals surface area contributed by atoms with Gasteiger partial charge in [0.2, 0.25) is 0 Å². The highest BCUT2D eigenvalue weighted by molar-refractivity contribution is 5.37. The van der Waals surface area contributed by atoms with Crippen molar-refractivity contribution in [1.82, 2.24) is 0 Å². The number of nitriles is 1. The minimum absolute atomic E-state index is 0.0396. The molecule has 11 heavy (non-hydrogen) atoms. The molecule has 0 fully saturated rings. The molecular weight excluding hydrogens is 138 g/mol. The van der Waals surface area contributed by atoms with Gasteiger partial charge in [-0.05, 0) is 24.0 Å². The van der Waals surface area contributed by atoms with Crippen LogP contribution in [-0.4, -0.2) is 11.7 Å². The predicted octanol–water partition coefficient (Wildman–Crippen LogP) is 1.39. The molecule has 2 heteroatoms. The maximum absolute atomic E-state index is 8.77. The van der Waals surface area contributed by atoms with Gasteiger partial charge >= 0.3 is 0 Å². The van der Waals surface area contributed by atoms with E-state index in [0.29, 0.717) is 5.92 Å². The second kappa shape index (κ2) is 3.36. The third-order valence-electron chi connectivity index (χ3n) is 1.92. The quantitative estimate of drug-likeness (QED) is 0.612. The molecule has 1 aliphatic carbocycles. The highest BCUT2D eigenvalue weighted by atomic mass is 16.3. The molecule has 1 aliphatic rings. The van der Waals surface area contributed by atoms with Crippen molar-refractivity contribution in [2.75, 3.05) is 6.61 Å². The average molecular weight is 149 g/mol. The van der Waals surface area contributed by atoms with Gasteiger partial charge in [0.15, 0.2) is 0 Å². The summed E-state index contributed by atoms with van der Waals surface area (Å²) in [4.78, 5) is 0. The lowest BCUT2D eigenvalue weighted by molar-refractivity contribution is 0.333. The lowest BCUT2D eigenvalue weighted by Crippen LogP contribution is -2.03. The van der Waals surface area contributed by atoms with Gasteiger partial charge in [0.1, 0.15) is 0 Å². The number of allylic oxidation sites excluding steroid dienone is 2. The van der Waals surface area contributed by atoms with Gasteiger partial charge in [-0.2, -0.15) is 5.26 Å². The fourth-order valence-electron chi connectivity index (χ4n) is 1.11. The van der Waals surface area contributed by atoms with Crippen LogP contribution >= 0.6 is 0 Å². The van der Waals surface area contributed by atoms with Crippen molar-refractivity contribution in [3.8, 4) is 6.07 Å². The van der Waals surface area contributed by atoms with Gasteiger partial charge in [-0.25, -0.2) is 0 Å². The van der Waals surface area contributed by atoms with Crippen molar-refractivity contribution in [2.24, 2.45) is 5.92 Å². The molecule has 0 heterocycles. The zero-order valence-electron chi connectivity index (χ0n) is 6.54. The van der Waals surface area contributed by atoms with Gasteiger partial charge in [0, 0.05) is 5.57 Å². The zero-order chi connectivity index (χ0) is 8.27. The molecule has 1 rings (SSSR count). The molecule has 1 N–H and O–H groups in total. The molecular formula is C9H11NO. The molecule has 1 atom stereocenters. The van der Waals surface area contributed by atoms with E-state index in [4.69, 9.17) is 10.4 Å². The maximum atomic E-state index is 8.77. The van der Waals surface area contributed by atoms with Gasteiger partial charge in [-0.15, -0.1) is 0 Å². The topological polar surface area (TPSA) is 44.0 Å². The highest BCUT2D eigenvalue weighted by Gasteiger charge is 2.11. The van der Waals surface area contributed by atoms with Crippen molar-refractivity contribution in [1.29, 1.82) is 5.26 Å². The molecule has 0 amide bonds. The highest BCUT2D eigenvalue weighted by Crippen LogP contribution is 2.22. The lowest BCUT2D eigenvalue weighted by Gasteiger charge is -2.13. The van der Waals surface area contributed by atoms with Crippen LogP contribution < -0.4 is 0 Å². The summed E-state index contributed by atoms with van der Waals surface area (Å²) in [6.45, 7) is 2.05. The number of aliphatic hydroxyl groups is 1. The molecule has 0 aromatic heterocycles. The minimum Gasteiger partial charge on any atom is -0.392 e. The molecule has 2 nitrogen and oxygen atoms in total. The van der Waals surface area contributed by atoms with Gasteiger partial charge in [0.05, 0.1) is 12.7 Å². The Morgan fingerprint density at radius 1 is 1.82 bits per heavy atom. The van der Waals surface area contributed by atoms with Crippen LogP contribution in [0.15, 0.2) is 23.3 Å². The Morgan fingerprint density at radius 3 is 3.09 bits per heavy atom. The van der Waals surface area contributed by atoms with Crippen molar-refractivity contribution >= 4 is 0 Å². The first-order chi connectivity index (χ1) is 5.27. The molecule has 0 spiro atoms. The van der Waals surface area contributed by atoms with Gasteiger partial charge in [-0.3, -0.25) is 0 Å². The predicted molar refractivity (Wildman–Crippen MR) is 42.6 cm³/mol. The van der Waals surface area contributed by atoms with Gasteiger partial charge in [-0.1, -0.05) is 13.0 Å². The average Bonchev–Trinajstić information content (AvgIpc) is 2.05. The molecule has 0 saturated carbocycles. The summed E-state index contributed by atoms with van der Waals surface area (Å²) in [5.41, 5.74) is 1.64. The van der Waals surface area contributed by atoms with E-state index in [-0.39, 0.29) is 6.61 Å². The second-order valence-electron chi connectivity index (χ2n) is 2.79. The van der Waals surface area contributed by atoms with Crippen LogP contribution in [0.3, 0.4) is 0 Å². The monoisotopic (exact) mass is 149 g/mol. The number of hydrogen-bond acceptors (Lipinski definition) is 2. The number of aliphatic hydroxyl groups excluding tert-OH is 1. The summed E-state index contributed by atoms with van der Waals surface area (Å²) in [6, 6.07) is 2.13. The normalized spacial score (nSPS) is 23.5. The maximum Gasteiger partial charge on any atom is 0.0950 e. The standard InChI is InChI=1S/C9H11NO/c1-7-2-3-8(6-11)4-9(7)5-10/h3-4,7,11H,2,6H2,1H3. The molecule has 1 unspecified atom stereocenters. The second-order valence-corrected chi connectivity index (χ2v) is 2.79. The Morgan fingerprint density at radius 2 is 2.55 bits per heavy atom. The largest absolute Gasteiger partial charge is 0.392 e. The molecule has 0 aromatic carbocycles. The van der Waals surface area contributed by atoms with E-state index >= 15 is 0 Å². The van der Waals surface area contributed by atoms with Crippen LogP contribution in [0.4, 0.5) is 0 Å². The Balaban J connectivity index is 2.82. The third kappa shape index (κ3) is 1.69. The van der Waals surface area contributed by atoms with E-state index in [0.717, 1.165) is 17.6 Å². The van der Waals surface area contributed by atoms with Crippen LogP contribution in [0.2, 0.25) is 0 Å². The van der Waals surface area contributed by atoms with E-state index < -0.39 is 0 Å². The first-order valence-electron chi connectivity index (χ1n) is 3.69. The van der Waals surface area contributed by atoms with Crippen LogP contribution in [0, 0.1) is 17.2 Å². The number of rotatable bonds is 1. The number of nitrogens with zero attached hydrogens (tertiary/aromatic N) is 1. The Kier molecular flexibility index (Phi) is 2.45. The zero-order valence-corrected chi connectivity index (χ0v) is 6.54. The van der Waals surface area contributed by atoms with Gasteiger partial charge < -0.3 is 5.11 Å². The van der Waals surface area contributed by atoms with E-state index in [1.54, 1.807) is 6.08 Å². The number of hydrogen-bond donors (Lipinski definition) is 1. The molecule has 0 aliphatic heterocycles. The Labute approximate surface area is 66.5 Å². The Bertz CT molecular complexity index is 245. The molecule has 58 valence electrons. The summed E-state index contributed by atoms with van der Waals surface area (Å²) >= 11 is 0. The molecule has 0 aromatic rings. The first-order valence-corrected chi connectivity index (χ1v) is 3.69. The molecule has 0 saturated heterocycles. The molecule has 0 bridgehead atoms. The fraction of sp³-hybridized carbons (Fsp3) is 0.444. The van der Waals surface area contributed by atoms with E-state index in [1.807, 2.05) is 13.0 Å². The summed E-state index contributed by atoms with van der Waals surface area (Å²) in [5, 5.41) is 17.4. The molecule has 0 radical (unpaired) electrons. The smallest absolute Gasteiger partial charge is 0.0950 e. The van der Waals surface area contributed by atoms with Gasteiger partial charge in [0.25, 0.3) is 0 Å². The van der Waals surface area contributed by atoms with E-state index in [1.165, 1.54) is 0 Å². The van der Waals surface area contributed by atoms with Crippen molar-refractivity contribution < 1.29 is 5.11 Å².